The molecule has 0 bridgehead atoms. The highest BCUT2D eigenvalue weighted by Gasteiger charge is 2.25. The van der Waals surface area contributed by atoms with Crippen LogP contribution < -0.4 is 5.32 Å². The van der Waals surface area contributed by atoms with Crippen LogP contribution in [0.15, 0.2) is 158 Å². The highest BCUT2D eigenvalue weighted by Crippen LogP contribution is 2.41. The first-order chi connectivity index (χ1) is 21.8. The molecule has 9 rings (SSSR count). The molecule has 1 aliphatic rings. The number of nitrogens with zero attached hydrogens (tertiary/aromatic N) is 2. The van der Waals surface area contributed by atoms with E-state index in [1.807, 2.05) is 72.8 Å². The van der Waals surface area contributed by atoms with Gasteiger partial charge in [-0.3, -0.25) is 0 Å². The summed E-state index contributed by atoms with van der Waals surface area (Å²) in [6, 6.07) is 47.5. The molecule has 208 valence electrons. The SMILES string of the molecule is c1ccc(C2=NC(c3cc(-c4ccc5oc6ccccc6c5c4)cc4oc5ccccc5c34)N=C(c3ccccc3)N2)cc1. The molecule has 3 heterocycles. The Labute approximate surface area is 252 Å². The zero-order valence-electron chi connectivity index (χ0n) is 23.6. The largest absolute Gasteiger partial charge is 0.456 e. The Balaban J connectivity index is 1.30. The van der Waals surface area contributed by atoms with Crippen molar-refractivity contribution in [3.63, 3.8) is 0 Å². The molecule has 0 saturated heterocycles. The zero-order valence-corrected chi connectivity index (χ0v) is 23.6. The van der Waals surface area contributed by atoms with Crippen LogP contribution in [0.1, 0.15) is 22.9 Å². The molecule has 5 nitrogen and oxygen atoms in total. The maximum Gasteiger partial charge on any atom is 0.170 e. The number of hydrogen-bond acceptors (Lipinski definition) is 5. The van der Waals surface area contributed by atoms with E-state index in [1.165, 1.54) is 0 Å². The van der Waals surface area contributed by atoms with Crippen LogP contribution in [0.4, 0.5) is 0 Å². The standard InChI is InChI=1S/C39H25N3O2/c1-3-11-24(12-4-1)37-40-38(25-13-5-2-6-14-25)42-39(41-37)31-22-27(23-35-36(31)29-16-8-10-18-33(29)44-35)26-19-20-34-30(21-26)28-15-7-9-17-32(28)43-34/h1-23,39H,(H,40,41,42). The Hall–Kier alpha value is -5.94. The van der Waals surface area contributed by atoms with Crippen molar-refractivity contribution in [1.29, 1.82) is 0 Å². The second-order valence-corrected chi connectivity index (χ2v) is 11.0. The summed E-state index contributed by atoms with van der Waals surface area (Å²) in [5, 5.41) is 7.77. The van der Waals surface area contributed by atoms with Gasteiger partial charge in [-0.1, -0.05) is 103 Å². The Morgan fingerprint density at radius 2 is 1.00 bits per heavy atom. The third kappa shape index (κ3) is 4.02. The van der Waals surface area contributed by atoms with Crippen LogP contribution in [0.2, 0.25) is 0 Å². The van der Waals surface area contributed by atoms with E-state index in [-0.39, 0.29) is 0 Å². The van der Waals surface area contributed by atoms with E-state index >= 15 is 0 Å². The van der Waals surface area contributed by atoms with Crippen molar-refractivity contribution in [1.82, 2.24) is 5.32 Å². The molecule has 0 atom stereocenters. The van der Waals surface area contributed by atoms with Crippen molar-refractivity contribution in [3.05, 3.63) is 156 Å². The smallest absolute Gasteiger partial charge is 0.170 e. The summed E-state index contributed by atoms with van der Waals surface area (Å²) in [5.74, 6) is 1.56. The molecule has 44 heavy (non-hydrogen) atoms. The van der Waals surface area contributed by atoms with Crippen LogP contribution in [-0.4, -0.2) is 11.7 Å². The molecule has 1 N–H and O–H groups in total. The van der Waals surface area contributed by atoms with E-state index < -0.39 is 6.17 Å². The first-order valence-corrected chi connectivity index (χ1v) is 14.7. The molecular formula is C39H25N3O2. The molecule has 1 aliphatic heterocycles. The van der Waals surface area contributed by atoms with Gasteiger partial charge in [-0.15, -0.1) is 0 Å². The summed E-state index contributed by atoms with van der Waals surface area (Å²) in [6.45, 7) is 0. The molecule has 0 amide bonds. The Kier molecular flexibility index (Phi) is 5.50. The molecule has 2 aromatic heterocycles. The van der Waals surface area contributed by atoms with Gasteiger partial charge >= 0.3 is 0 Å². The van der Waals surface area contributed by atoms with Crippen LogP contribution in [0, 0.1) is 0 Å². The number of aliphatic imine (C=N–C) groups is 2. The fourth-order valence-electron chi connectivity index (χ4n) is 6.24. The zero-order chi connectivity index (χ0) is 29.0. The lowest BCUT2D eigenvalue weighted by molar-refractivity contribution is 0.668. The lowest BCUT2D eigenvalue weighted by atomic mass is 9.96. The maximum absolute atomic E-state index is 6.48. The molecule has 0 aliphatic carbocycles. The third-order valence-electron chi connectivity index (χ3n) is 8.33. The van der Waals surface area contributed by atoms with Gasteiger partial charge < -0.3 is 14.2 Å². The van der Waals surface area contributed by atoms with E-state index in [0.717, 1.165) is 83.4 Å². The number of amidine groups is 2. The van der Waals surface area contributed by atoms with Gasteiger partial charge in [0.15, 0.2) is 6.17 Å². The monoisotopic (exact) mass is 567 g/mol. The van der Waals surface area contributed by atoms with Gasteiger partial charge in [0, 0.05) is 38.2 Å². The minimum Gasteiger partial charge on any atom is -0.456 e. The Morgan fingerprint density at radius 3 is 1.70 bits per heavy atom. The van der Waals surface area contributed by atoms with Gasteiger partial charge in [0.05, 0.1) is 0 Å². The van der Waals surface area contributed by atoms with Crippen LogP contribution in [0.5, 0.6) is 0 Å². The van der Waals surface area contributed by atoms with Gasteiger partial charge in [-0.2, -0.15) is 0 Å². The van der Waals surface area contributed by atoms with Crippen LogP contribution >= 0.6 is 0 Å². The highest BCUT2D eigenvalue weighted by molar-refractivity contribution is 6.16. The van der Waals surface area contributed by atoms with Crippen molar-refractivity contribution in [3.8, 4) is 11.1 Å². The fourth-order valence-corrected chi connectivity index (χ4v) is 6.24. The average molecular weight is 568 g/mol. The molecule has 0 fully saturated rings. The van der Waals surface area contributed by atoms with E-state index in [2.05, 4.69) is 72.0 Å². The Bertz CT molecular complexity index is 2360. The molecule has 0 unspecified atom stereocenters. The second-order valence-electron chi connectivity index (χ2n) is 11.0. The van der Waals surface area contributed by atoms with Gasteiger partial charge in [-0.05, 0) is 47.5 Å². The van der Waals surface area contributed by atoms with E-state index in [0.29, 0.717) is 0 Å². The minimum atomic E-state index is -0.497. The predicted octanol–water partition coefficient (Wildman–Crippen LogP) is 9.65. The first kappa shape index (κ1) is 24.6. The van der Waals surface area contributed by atoms with Gasteiger partial charge in [0.1, 0.15) is 34.0 Å². The Morgan fingerprint density at radius 1 is 0.432 bits per heavy atom. The van der Waals surface area contributed by atoms with Crippen molar-refractivity contribution in [2.24, 2.45) is 9.98 Å². The lowest BCUT2D eigenvalue weighted by Gasteiger charge is -2.23. The lowest BCUT2D eigenvalue weighted by Crippen LogP contribution is -2.36. The number of para-hydroxylation sites is 2. The van der Waals surface area contributed by atoms with Gasteiger partial charge in [0.2, 0.25) is 0 Å². The molecule has 5 heteroatoms. The van der Waals surface area contributed by atoms with E-state index in [4.69, 9.17) is 18.8 Å². The number of furan rings is 2. The number of benzene rings is 6. The highest BCUT2D eigenvalue weighted by atomic mass is 16.3. The van der Waals surface area contributed by atoms with Gasteiger partial charge in [-0.25, -0.2) is 9.98 Å². The summed E-state index contributed by atoms with van der Waals surface area (Å²) >= 11 is 0. The van der Waals surface area contributed by atoms with Crippen molar-refractivity contribution < 1.29 is 8.83 Å². The molecule has 0 spiro atoms. The third-order valence-corrected chi connectivity index (χ3v) is 8.33. The maximum atomic E-state index is 6.48. The number of rotatable bonds is 4. The number of nitrogens with one attached hydrogen (secondary N) is 1. The summed E-state index contributed by atoms with van der Waals surface area (Å²) in [7, 11) is 0. The average Bonchev–Trinajstić information content (AvgIpc) is 3.66. The molecule has 8 aromatic rings. The van der Waals surface area contributed by atoms with E-state index in [1.54, 1.807) is 0 Å². The topological polar surface area (TPSA) is 63.0 Å². The molecular weight excluding hydrogens is 542 g/mol. The second kappa shape index (κ2) is 9.82. The summed E-state index contributed by atoms with van der Waals surface area (Å²) < 4.78 is 12.6. The first-order valence-electron chi connectivity index (χ1n) is 14.7. The van der Waals surface area contributed by atoms with Crippen molar-refractivity contribution >= 4 is 55.5 Å². The van der Waals surface area contributed by atoms with Crippen molar-refractivity contribution in [2.45, 2.75) is 6.17 Å². The summed E-state index contributed by atoms with van der Waals surface area (Å²) in [4.78, 5) is 10.4. The normalized spacial score (nSPS) is 13.8. The fraction of sp³-hybridized carbons (Fsp3) is 0.0256. The molecule has 0 radical (unpaired) electrons. The van der Waals surface area contributed by atoms with Crippen molar-refractivity contribution in [2.75, 3.05) is 0 Å². The number of hydrogen-bond donors (Lipinski definition) is 1. The predicted molar refractivity (Wildman–Crippen MR) is 178 cm³/mol. The quantitative estimate of drug-likeness (QED) is 0.230. The summed E-state index contributed by atoms with van der Waals surface area (Å²) in [6.07, 6.45) is -0.497. The van der Waals surface area contributed by atoms with Crippen LogP contribution in [0.3, 0.4) is 0 Å². The number of fused-ring (bicyclic) bond motifs is 6. The van der Waals surface area contributed by atoms with E-state index in [9.17, 15) is 0 Å². The molecule has 0 saturated carbocycles. The van der Waals surface area contributed by atoms with Crippen LogP contribution in [0.25, 0.3) is 55.0 Å². The van der Waals surface area contributed by atoms with Gasteiger partial charge in [0.25, 0.3) is 0 Å². The molecule has 6 aromatic carbocycles. The van der Waals surface area contributed by atoms with Crippen LogP contribution in [-0.2, 0) is 0 Å². The summed E-state index contributed by atoms with van der Waals surface area (Å²) in [5.41, 5.74) is 8.49. The minimum absolute atomic E-state index is 0.497.